The first-order valence-corrected chi connectivity index (χ1v) is 8.53. The van der Waals surface area contributed by atoms with Gasteiger partial charge in [-0.05, 0) is 54.4 Å². The molecule has 0 spiro atoms. The zero-order chi connectivity index (χ0) is 15.8. The van der Waals surface area contributed by atoms with Crippen molar-refractivity contribution in [2.45, 2.75) is 24.2 Å². The summed E-state index contributed by atoms with van der Waals surface area (Å²) >= 11 is 1.63. The second kappa shape index (κ2) is 8.44. The maximum absolute atomic E-state index is 10.7. The number of aliphatic carboxylic acids is 1. The highest BCUT2D eigenvalue weighted by atomic mass is 32.2. The Morgan fingerprint density at radius 3 is 2.50 bits per heavy atom. The van der Waals surface area contributed by atoms with Crippen LogP contribution >= 0.6 is 11.8 Å². The number of hydrogen-bond acceptors (Lipinski definition) is 2. The van der Waals surface area contributed by atoms with Crippen LogP contribution in [0.25, 0.3) is 6.08 Å². The lowest BCUT2D eigenvalue weighted by Crippen LogP contribution is -1.92. The Balaban J connectivity index is 2.02. The van der Waals surface area contributed by atoms with Crippen LogP contribution in [0, 0.1) is 0 Å². The van der Waals surface area contributed by atoms with Crippen LogP contribution in [0.3, 0.4) is 0 Å². The van der Waals surface area contributed by atoms with Crippen molar-refractivity contribution in [1.82, 2.24) is 0 Å². The minimum absolute atomic E-state index is 0.915. The highest BCUT2D eigenvalue weighted by molar-refractivity contribution is 7.98. The van der Waals surface area contributed by atoms with Crippen molar-refractivity contribution in [3.8, 4) is 0 Å². The molecule has 22 heavy (non-hydrogen) atoms. The Labute approximate surface area is 135 Å². The van der Waals surface area contributed by atoms with Crippen molar-refractivity contribution < 1.29 is 9.90 Å². The lowest BCUT2D eigenvalue weighted by Gasteiger charge is -2.07. The Morgan fingerprint density at radius 1 is 1.09 bits per heavy atom. The molecule has 0 saturated carbocycles. The summed E-state index contributed by atoms with van der Waals surface area (Å²) in [6.07, 6.45) is 8.02. The number of aryl methyl sites for hydroxylation is 2. The van der Waals surface area contributed by atoms with Gasteiger partial charge in [0.25, 0.3) is 0 Å². The van der Waals surface area contributed by atoms with Gasteiger partial charge in [-0.1, -0.05) is 42.5 Å². The Morgan fingerprint density at radius 2 is 1.82 bits per heavy atom. The average molecular weight is 312 g/mol. The average Bonchev–Trinajstić information content (AvgIpc) is 2.54. The first kappa shape index (κ1) is 16.4. The van der Waals surface area contributed by atoms with E-state index in [1.807, 2.05) is 12.3 Å². The SMILES string of the molecule is CSc1ccc(CCCc2ccccc2)cc1C=CC(=O)O. The molecule has 0 saturated heterocycles. The third kappa shape index (κ3) is 5.08. The summed E-state index contributed by atoms with van der Waals surface area (Å²) in [5, 5.41) is 8.78. The van der Waals surface area contributed by atoms with Crippen LogP contribution < -0.4 is 0 Å². The van der Waals surface area contributed by atoms with Crippen LogP contribution in [0.5, 0.6) is 0 Å². The quantitative estimate of drug-likeness (QED) is 0.596. The molecule has 0 unspecified atom stereocenters. The van der Waals surface area contributed by atoms with Crippen LogP contribution in [-0.2, 0) is 17.6 Å². The monoisotopic (exact) mass is 312 g/mol. The fourth-order valence-electron chi connectivity index (χ4n) is 2.37. The van der Waals surface area contributed by atoms with Gasteiger partial charge in [-0.2, -0.15) is 0 Å². The van der Waals surface area contributed by atoms with Crippen LogP contribution in [-0.4, -0.2) is 17.3 Å². The van der Waals surface area contributed by atoms with E-state index in [1.54, 1.807) is 17.8 Å². The molecule has 3 heteroatoms. The van der Waals surface area contributed by atoms with Gasteiger partial charge in [0.15, 0.2) is 0 Å². The maximum atomic E-state index is 10.7. The number of rotatable bonds is 7. The summed E-state index contributed by atoms with van der Waals surface area (Å²) in [5.41, 5.74) is 3.58. The molecule has 0 amide bonds. The van der Waals surface area contributed by atoms with Crippen LogP contribution in [0.2, 0.25) is 0 Å². The van der Waals surface area contributed by atoms with E-state index in [9.17, 15) is 4.79 Å². The van der Waals surface area contributed by atoms with E-state index in [-0.39, 0.29) is 0 Å². The van der Waals surface area contributed by atoms with Crippen molar-refractivity contribution in [2.24, 2.45) is 0 Å². The van der Waals surface area contributed by atoms with Crippen LogP contribution in [0.15, 0.2) is 59.5 Å². The van der Waals surface area contributed by atoms with Crippen molar-refractivity contribution in [3.05, 3.63) is 71.3 Å². The number of thioether (sulfide) groups is 1. The molecule has 2 aromatic rings. The largest absolute Gasteiger partial charge is 0.478 e. The third-order valence-corrected chi connectivity index (χ3v) is 4.28. The number of benzene rings is 2. The molecule has 0 aliphatic heterocycles. The van der Waals surface area contributed by atoms with E-state index in [0.29, 0.717) is 0 Å². The highest BCUT2D eigenvalue weighted by Crippen LogP contribution is 2.23. The number of carboxylic acids is 1. The molecule has 0 fully saturated rings. The summed E-state index contributed by atoms with van der Waals surface area (Å²) < 4.78 is 0. The van der Waals surface area contributed by atoms with E-state index in [0.717, 1.165) is 29.7 Å². The van der Waals surface area contributed by atoms with Gasteiger partial charge >= 0.3 is 5.97 Å². The molecule has 0 atom stereocenters. The fraction of sp³-hybridized carbons (Fsp3) is 0.211. The second-order valence-corrected chi connectivity index (χ2v) is 5.94. The standard InChI is InChI=1S/C19H20O2S/c1-22-18-12-10-16(14-17(18)11-13-19(20)21)9-5-8-15-6-3-2-4-7-15/h2-4,6-7,10-14H,5,8-9H2,1H3,(H,20,21). The van der Waals surface area contributed by atoms with Gasteiger partial charge in [0.05, 0.1) is 0 Å². The third-order valence-electron chi connectivity index (χ3n) is 3.47. The zero-order valence-electron chi connectivity index (χ0n) is 12.7. The fourth-order valence-corrected chi connectivity index (χ4v) is 2.94. The van der Waals surface area contributed by atoms with Gasteiger partial charge in [-0.25, -0.2) is 4.79 Å². The molecule has 114 valence electrons. The van der Waals surface area contributed by atoms with Crippen LogP contribution in [0.4, 0.5) is 0 Å². The van der Waals surface area contributed by atoms with Gasteiger partial charge < -0.3 is 5.11 Å². The minimum atomic E-state index is -0.915. The summed E-state index contributed by atoms with van der Waals surface area (Å²) in [6, 6.07) is 16.8. The van der Waals surface area contributed by atoms with Gasteiger partial charge in [0, 0.05) is 11.0 Å². The highest BCUT2D eigenvalue weighted by Gasteiger charge is 2.02. The lowest BCUT2D eigenvalue weighted by molar-refractivity contribution is -0.131. The van der Waals surface area contributed by atoms with E-state index in [2.05, 4.69) is 42.5 Å². The first-order chi connectivity index (χ1) is 10.7. The summed E-state index contributed by atoms with van der Waals surface area (Å²) in [4.78, 5) is 11.8. The van der Waals surface area contributed by atoms with E-state index in [4.69, 9.17) is 5.11 Å². The second-order valence-electron chi connectivity index (χ2n) is 5.09. The topological polar surface area (TPSA) is 37.3 Å². The van der Waals surface area contributed by atoms with Crippen molar-refractivity contribution >= 4 is 23.8 Å². The summed E-state index contributed by atoms with van der Waals surface area (Å²) in [6.45, 7) is 0. The summed E-state index contributed by atoms with van der Waals surface area (Å²) in [7, 11) is 0. The molecule has 0 aliphatic carbocycles. The minimum Gasteiger partial charge on any atom is -0.478 e. The smallest absolute Gasteiger partial charge is 0.328 e. The first-order valence-electron chi connectivity index (χ1n) is 7.31. The molecule has 2 rings (SSSR count). The number of carbonyl (C=O) groups is 1. The van der Waals surface area contributed by atoms with Gasteiger partial charge in [-0.15, -0.1) is 11.8 Å². The zero-order valence-corrected chi connectivity index (χ0v) is 13.5. The van der Waals surface area contributed by atoms with E-state index < -0.39 is 5.97 Å². The Bertz CT molecular complexity index is 648. The Hall–Kier alpha value is -2.00. The molecule has 0 aromatic heterocycles. The van der Waals surface area contributed by atoms with E-state index >= 15 is 0 Å². The molecule has 0 aliphatic rings. The number of carboxylic acid groups (broad SMARTS) is 1. The normalized spacial score (nSPS) is 11.0. The Kier molecular flexibility index (Phi) is 6.28. The molecular weight excluding hydrogens is 292 g/mol. The molecule has 1 N–H and O–H groups in total. The predicted molar refractivity (Wildman–Crippen MR) is 93.4 cm³/mol. The molecule has 2 aromatic carbocycles. The molecule has 0 bridgehead atoms. The van der Waals surface area contributed by atoms with Crippen LogP contribution in [0.1, 0.15) is 23.1 Å². The van der Waals surface area contributed by atoms with E-state index in [1.165, 1.54) is 17.2 Å². The number of hydrogen-bond donors (Lipinski definition) is 1. The predicted octanol–water partition coefficient (Wildman–Crippen LogP) is 4.68. The summed E-state index contributed by atoms with van der Waals surface area (Å²) in [5.74, 6) is -0.915. The van der Waals surface area contributed by atoms with Gasteiger partial charge in [-0.3, -0.25) is 0 Å². The van der Waals surface area contributed by atoms with Gasteiger partial charge in [0.1, 0.15) is 0 Å². The van der Waals surface area contributed by atoms with Gasteiger partial charge in [0.2, 0.25) is 0 Å². The molecular formula is C19H20O2S. The van der Waals surface area contributed by atoms with Crippen molar-refractivity contribution in [1.29, 1.82) is 0 Å². The van der Waals surface area contributed by atoms with Crippen molar-refractivity contribution in [2.75, 3.05) is 6.26 Å². The molecule has 0 heterocycles. The molecule has 2 nitrogen and oxygen atoms in total. The molecule has 0 radical (unpaired) electrons. The lowest BCUT2D eigenvalue weighted by atomic mass is 10.0. The van der Waals surface area contributed by atoms with Crippen molar-refractivity contribution in [3.63, 3.8) is 0 Å². The maximum Gasteiger partial charge on any atom is 0.328 e.